The van der Waals surface area contributed by atoms with Crippen molar-refractivity contribution in [2.24, 2.45) is 10.9 Å². The number of methoxy groups -OCH3 is 1. The Balaban J connectivity index is 1.81. The molecule has 4 rings (SSSR count). The first-order valence-electron chi connectivity index (χ1n) is 11.1. The average molecular weight is 528 g/mol. The Morgan fingerprint density at radius 3 is 2.59 bits per heavy atom. The summed E-state index contributed by atoms with van der Waals surface area (Å²) in [6, 6.07) is 4.15. The minimum absolute atomic E-state index is 0.0249. The molecule has 14 heteroatoms. The predicted molar refractivity (Wildman–Crippen MR) is 117 cm³/mol. The molecule has 1 N–H and O–H groups in total. The van der Waals surface area contributed by atoms with Crippen molar-refractivity contribution in [3.8, 4) is 0 Å². The highest BCUT2D eigenvalue weighted by Crippen LogP contribution is 2.45. The smallest absolute Gasteiger partial charge is 0.416 e. The van der Waals surface area contributed by atoms with Crippen LogP contribution in [0.5, 0.6) is 0 Å². The number of halogens is 3. The van der Waals surface area contributed by atoms with E-state index in [0.717, 1.165) is 25.3 Å². The van der Waals surface area contributed by atoms with Crippen molar-refractivity contribution in [3.05, 3.63) is 56.8 Å². The van der Waals surface area contributed by atoms with E-state index in [1.165, 1.54) is 19.9 Å². The average Bonchev–Trinajstić information content (AvgIpc) is 3.38. The summed E-state index contributed by atoms with van der Waals surface area (Å²) in [5.41, 5.74) is -3.36. The number of Topliss-reactive ketones (excluding diaryl/α,β-unsaturated/α-hetero) is 1. The van der Waals surface area contributed by atoms with E-state index >= 15 is 0 Å². The van der Waals surface area contributed by atoms with Gasteiger partial charge in [0.15, 0.2) is 17.5 Å². The minimum atomic E-state index is -4.70. The Hall–Kier alpha value is -3.36. The number of benzene rings is 1. The third kappa shape index (κ3) is 4.60. The molecule has 3 aliphatic rings. The molecule has 0 amide bonds. The highest BCUT2D eigenvalue weighted by atomic mass is 19.4. The van der Waals surface area contributed by atoms with Crippen molar-refractivity contribution in [1.82, 2.24) is 0 Å². The van der Waals surface area contributed by atoms with E-state index in [2.05, 4.69) is 9.83 Å². The third-order valence-corrected chi connectivity index (χ3v) is 6.79. The zero-order chi connectivity index (χ0) is 27.3. The molecule has 37 heavy (non-hydrogen) atoms. The van der Waals surface area contributed by atoms with Gasteiger partial charge in [-0.2, -0.15) is 13.2 Å². The molecular formula is C23H23F3N2O9. The van der Waals surface area contributed by atoms with Crippen molar-refractivity contribution in [2.45, 2.75) is 49.9 Å². The molecule has 0 saturated carbocycles. The first-order valence-corrected chi connectivity index (χ1v) is 11.1. The minimum Gasteiger partial charge on any atom is -0.468 e. The summed E-state index contributed by atoms with van der Waals surface area (Å²) < 4.78 is 56.3. The first kappa shape index (κ1) is 26.7. The number of carbonyl (C=O) groups excluding carboxylic acids is 2. The highest BCUT2D eigenvalue weighted by molar-refractivity contribution is 6.11. The number of ether oxygens (including phenoxy) is 3. The molecule has 0 radical (unpaired) electrons. The third-order valence-electron chi connectivity index (χ3n) is 6.79. The lowest BCUT2D eigenvalue weighted by molar-refractivity contribution is -0.769. The van der Waals surface area contributed by atoms with Gasteiger partial charge in [0.25, 0.3) is 5.09 Å². The Labute approximate surface area is 207 Å². The molecule has 0 spiro atoms. The summed E-state index contributed by atoms with van der Waals surface area (Å²) in [6.07, 6.45) is -8.43. The van der Waals surface area contributed by atoms with Gasteiger partial charge in [0.05, 0.1) is 25.9 Å². The summed E-state index contributed by atoms with van der Waals surface area (Å²) in [5.74, 6) is -4.40. The van der Waals surface area contributed by atoms with E-state index < -0.39 is 70.9 Å². The predicted octanol–water partition coefficient (Wildman–Crippen LogP) is 2.00. The van der Waals surface area contributed by atoms with Gasteiger partial charge in [-0.1, -0.05) is 18.2 Å². The number of rotatable bonds is 6. The van der Waals surface area contributed by atoms with Crippen LogP contribution < -0.4 is 0 Å². The fourth-order valence-corrected chi connectivity index (χ4v) is 5.16. The molecule has 2 fully saturated rings. The fraction of sp³-hybridized carbons (Fsp3) is 0.522. The number of aliphatic imine (C=N–C) groups is 1. The highest BCUT2D eigenvalue weighted by Gasteiger charge is 2.62. The second kappa shape index (κ2) is 9.50. The molecule has 2 saturated heterocycles. The van der Waals surface area contributed by atoms with Crippen LogP contribution in [0.1, 0.15) is 30.9 Å². The van der Waals surface area contributed by atoms with Gasteiger partial charge in [0, 0.05) is 22.9 Å². The summed E-state index contributed by atoms with van der Waals surface area (Å²) in [4.78, 5) is 46.3. The van der Waals surface area contributed by atoms with Gasteiger partial charge in [-0.25, -0.2) is 0 Å². The Morgan fingerprint density at radius 2 is 1.97 bits per heavy atom. The van der Waals surface area contributed by atoms with Crippen LogP contribution in [0.4, 0.5) is 13.2 Å². The van der Waals surface area contributed by atoms with Crippen LogP contribution in [0.2, 0.25) is 0 Å². The topological polar surface area (TPSA) is 147 Å². The molecule has 2 unspecified atom stereocenters. The van der Waals surface area contributed by atoms with Gasteiger partial charge in [0.2, 0.25) is 0 Å². The zero-order valence-corrected chi connectivity index (χ0v) is 19.9. The lowest BCUT2D eigenvalue weighted by Crippen LogP contribution is -2.53. The fourth-order valence-electron chi connectivity index (χ4n) is 5.16. The van der Waals surface area contributed by atoms with Gasteiger partial charge in [-0.15, -0.1) is 10.1 Å². The van der Waals surface area contributed by atoms with Crippen molar-refractivity contribution in [1.29, 1.82) is 0 Å². The second-order valence-corrected chi connectivity index (χ2v) is 9.00. The summed E-state index contributed by atoms with van der Waals surface area (Å²) >= 11 is 0. The molecule has 6 atom stereocenters. The molecule has 0 aliphatic carbocycles. The van der Waals surface area contributed by atoms with E-state index in [9.17, 15) is 38.0 Å². The molecule has 200 valence electrons. The van der Waals surface area contributed by atoms with Crippen molar-refractivity contribution in [2.75, 3.05) is 20.3 Å². The number of fused-ring (bicyclic) bond motifs is 1. The number of aliphatic hydroxyl groups is 1. The van der Waals surface area contributed by atoms with Gasteiger partial charge in [-0.05, 0) is 25.5 Å². The Kier molecular flexibility index (Phi) is 6.86. The molecule has 1 aromatic rings. The molecule has 0 bridgehead atoms. The van der Waals surface area contributed by atoms with Crippen LogP contribution in [0, 0.1) is 16.0 Å². The number of allylic oxidation sites excluding steroid dienone is 1. The van der Waals surface area contributed by atoms with Crippen LogP contribution in [0.3, 0.4) is 0 Å². The molecule has 3 heterocycles. The SMILES string of the molecule is COC(=O)C1C(C)=NC(C)=C(C(=O)[C@@]2(O)CO[C@@H]3[C@@H](O[N+](=O)[O-])CO[C@@H]32)C1c1cccc(C(F)(F)F)c1. The van der Waals surface area contributed by atoms with Crippen LogP contribution >= 0.6 is 0 Å². The van der Waals surface area contributed by atoms with Crippen molar-refractivity contribution < 1.29 is 52.0 Å². The van der Waals surface area contributed by atoms with E-state index in [4.69, 9.17) is 14.2 Å². The summed E-state index contributed by atoms with van der Waals surface area (Å²) in [7, 11) is 1.09. The van der Waals surface area contributed by atoms with E-state index in [0.29, 0.717) is 0 Å². The van der Waals surface area contributed by atoms with Crippen LogP contribution in [0.15, 0.2) is 40.5 Å². The van der Waals surface area contributed by atoms with Crippen molar-refractivity contribution >= 4 is 17.5 Å². The largest absolute Gasteiger partial charge is 0.468 e. The molecule has 11 nitrogen and oxygen atoms in total. The van der Waals surface area contributed by atoms with Crippen LogP contribution in [-0.4, -0.2) is 71.9 Å². The molecule has 3 aliphatic heterocycles. The number of carbonyl (C=O) groups is 2. The van der Waals surface area contributed by atoms with E-state index in [-0.39, 0.29) is 29.2 Å². The quantitative estimate of drug-likeness (QED) is 0.333. The lowest BCUT2D eigenvalue weighted by Gasteiger charge is -2.35. The number of hydrogen-bond acceptors (Lipinski definition) is 10. The number of esters is 1. The molecule has 0 aromatic heterocycles. The zero-order valence-electron chi connectivity index (χ0n) is 19.9. The monoisotopic (exact) mass is 528 g/mol. The number of nitrogens with zero attached hydrogens (tertiary/aromatic N) is 2. The van der Waals surface area contributed by atoms with Crippen LogP contribution in [-0.2, 0) is 34.8 Å². The lowest BCUT2D eigenvalue weighted by atomic mass is 9.71. The molecular weight excluding hydrogens is 505 g/mol. The first-order chi connectivity index (χ1) is 17.3. The van der Waals surface area contributed by atoms with E-state index in [1.807, 2.05) is 0 Å². The van der Waals surface area contributed by atoms with Crippen molar-refractivity contribution in [3.63, 3.8) is 0 Å². The van der Waals surface area contributed by atoms with Gasteiger partial charge in [0.1, 0.15) is 18.1 Å². The van der Waals surface area contributed by atoms with Gasteiger partial charge < -0.3 is 24.2 Å². The van der Waals surface area contributed by atoms with Gasteiger partial charge in [-0.3, -0.25) is 14.6 Å². The summed E-state index contributed by atoms with van der Waals surface area (Å²) in [6.45, 7) is 1.94. The normalized spacial score (nSPS) is 31.5. The maximum atomic E-state index is 13.9. The maximum absolute atomic E-state index is 13.9. The maximum Gasteiger partial charge on any atom is 0.416 e. The standard InChI is InChI=1S/C23H23F3N2O9/c1-10-15(19(29)22(31)9-36-18-14(37-28(32)33)8-35-20(18)22)17(16(11(2)27-10)21(30)34-3)12-5-4-6-13(7-12)23(24,25)26/h4-7,14,16-18,20,31H,8-9H2,1-3H3/t14-,16?,17?,18+,20-,22-/m0/s1. The number of ketones is 1. The van der Waals surface area contributed by atoms with Crippen LogP contribution in [0.25, 0.3) is 0 Å². The Morgan fingerprint density at radius 1 is 1.27 bits per heavy atom. The molecule has 1 aromatic carbocycles. The summed E-state index contributed by atoms with van der Waals surface area (Å²) in [5, 5.41) is 21.2. The van der Waals surface area contributed by atoms with E-state index in [1.54, 1.807) is 0 Å². The Bertz CT molecular complexity index is 1200. The van der Waals surface area contributed by atoms with Gasteiger partial charge >= 0.3 is 12.1 Å². The number of alkyl halides is 3. The second-order valence-electron chi connectivity index (χ2n) is 9.00. The number of hydrogen-bond donors (Lipinski definition) is 1.